The van der Waals surface area contributed by atoms with E-state index in [4.69, 9.17) is 11.6 Å². The van der Waals surface area contributed by atoms with E-state index in [2.05, 4.69) is 11.8 Å². The zero-order valence-corrected chi connectivity index (χ0v) is 11.7. The van der Waals surface area contributed by atoms with Gasteiger partial charge in [-0.15, -0.1) is 11.6 Å². The highest BCUT2D eigenvalue weighted by Gasteiger charge is 2.22. The minimum absolute atomic E-state index is 0.137. The third-order valence-electron chi connectivity index (χ3n) is 3.88. The van der Waals surface area contributed by atoms with Gasteiger partial charge >= 0.3 is 0 Å². The van der Waals surface area contributed by atoms with Gasteiger partial charge in [0.05, 0.1) is 0 Å². The largest absolute Gasteiger partial charge is 0.296 e. The van der Waals surface area contributed by atoms with Crippen molar-refractivity contribution in [3.05, 3.63) is 35.1 Å². The Labute approximate surface area is 114 Å². The van der Waals surface area contributed by atoms with Crippen LogP contribution in [-0.2, 0) is 6.54 Å². The molecule has 0 bridgehead atoms. The third-order valence-corrected chi connectivity index (χ3v) is 4.09. The van der Waals surface area contributed by atoms with Gasteiger partial charge in [0.2, 0.25) is 0 Å². The second-order valence-corrected chi connectivity index (χ2v) is 5.55. The fourth-order valence-corrected chi connectivity index (χ4v) is 3.00. The molecule has 18 heavy (non-hydrogen) atoms. The number of hydrogen-bond donors (Lipinski definition) is 0. The Kier molecular flexibility index (Phi) is 5.02. The number of hydrogen-bond acceptors (Lipinski definition) is 1. The maximum absolute atomic E-state index is 13.3. The van der Waals surface area contributed by atoms with Crippen LogP contribution in [0.2, 0.25) is 0 Å². The lowest BCUT2D eigenvalue weighted by molar-refractivity contribution is 0.136. The molecule has 0 aromatic heterocycles. The van der Waals surface area contributed by atoms with E-state index >= 15 is 0 Å². The van der Waals surface area contributed by atoms with E-state index < -0.39 is 0 Å². The van der Waals surface area contributed by atoms with Gasteiger partial charge in [0.25, 0.3) is 0 Å². The van der Waals surface area contributed by atoms with Crippen molar-refractivity contribution in [2.45, 2.75) is 45.2 Å². The molecule has 1 aliphatic heterocycles. The van der Waals surface area contributed by atoms with Crippen LogP contribution in [-0.4, -0.2) is 23.4 Å². The lowest BCUT2D eigenvalue weighted by atomic mass is 9.98. The summed E-state index contributed by atoms with van der Waals surface area (Å²) in [6, 6.07) is 5.64. The van der Waals surface area contributed by atoms with E-state index in [1.54, 1.807) is 6.07 Å². The number of piperidine rings is 1. The highest BCUT2D eigenvalue weighted by atomic mass is 35.5. The zero-order chi connectivity index (χ0) is 13.0. The van der Waals surface area contributed by atoms with Crippen LogP contribution in [0.4, 0.5) is 4.39 Å². The smallest absolute Gasteiger partial charge is 0.123 e. The predicted octanol–water partition coefficient (Wildman–Crippen LogP) is 4.12. The molecule has 1 nitrogen and oxygen atoms in total. The van der Waals surface area contributed by atoms with Crippen LogP contribution < -0.4 is 0 Å². The Morgan fingerprint density at radius 3 is 3.00 bits per heavy atom. The van der Waals surface area contributed by atoms with Crippen molar-refractivity contribution in [1.82, 2.24) is 4.90 Å². The normalized spacial score (nSPS) is 21.2. The number of aryl methyl sites for hydroxylation is 1. The highest BCUT2D eigenvalue weighted by Crippen LogP contribution is 2.23. The molecular formula is C15H21ClFN. The fourth-order valence-electron chi connectivity index (χ4n) is 2.75. The third kappa shape index (κ3) is 3.46. The lowest BCUT2D eigenvalue weighted by Gasteiger charge is -2.35. The van der Waals surface area contributed by atoms with Gasteiger partial charge in [0, 0.05) is 18.5 Å². The van der Waals surface area contributed by atoms with Crippen molar-refractivity contribution in [2.24, 2.45) is 0 Å². The van der Waals surface area contributed by atoms with Crippen molar-refractivity contribution < 1.29 is 4.39 Å². The van der Waals surface area contributed by atoms with Crippen molar-refractivity contribution in [1.29, 1.82) is 0 Å². The summed E-state index contributed by atoms with van der Waals surface area (Å²) in [5.74, 6) is 0.574. The Morgan fingerprint density at radius 2 is 2.22 bits per heavy atom. The van der Waals surface area contributed by atoms with Gasteiger partial charge in [0.1, 0.15) is 5.82 Å². The fraction of sp³-hybridized carbons (Fsp3) is 0.600. The van der Waals surface area contributed by atoms with Crippen LogP contribution in [0.25, 0.3) is 0 Å². The molecule has 1 aromatic rings. The molecule has 1 aromatic carbocycles. The molecule has 1 fully saturated rings. The lowest BCUT2D eigenvalue weighted by Crippen LogP contribution is -2.39. The second-order valence-electron chi connectivity index (χ2n) is 5.17. The summed E-state index contributed by atoms with van der Waals surface area (Å²) in [6.45, 7) is 4.01. The van der Waals surface area contributed by atoms with Crippen molar-refractivity contribution in [2.75, 3.05) is 12.4 Å². The molecule has 100 valence electrons. The topological polar surface area (TPSA) is 3.24 Å². The molecule has 0 aliphatic carbocycles. The molecule has 1 aliphatic rings. The Hall–Kier alpha value is -0.600. The summed E-state index contributed by atoms with van der Waals surface area (Å²) in [4.78, 5) is 2.47. The standard InChI is InChI=1S/C15H21ClFN/c1-12-5-6-14(17)10-13(12)11-18-9-3-2-4-15(18)7-8-16/h5-6,10,15H,2-4,7-9,11H2,1H3. The molecule has 0 radical (unpaired) electrons. The molecule has 0 spiro atoms. The SMILES string of the molecule is Cc1ccc(F)cc1CN1CCCCC1CCCl. The summed E-state index contributed by atoms with van der Waals surface area (Å²) < 4.78 is 13.3. The van der Waals surface area contributed by atoms with Gasteiger partial charge in [-0.1, -0.05) is 12.5 Å². The first-order chi connectivity index (χ1) is 8.70. The monoisotopic (exact) mass is 269 g/mol. The molecule has 3 heteroatoms. The van der Waals surface area contributed by atoms with E-state index in [1.165, 1.54) is 30.9 Å². The van der Waals surface area contributed by atoms with E-state index in [1.807, 2.05) is 6.07 Å². The Balaban J connectivity index is 2.08. The van der Waals surface area contributed by atoms with E-state index in [0.29, 0.717) is 11.9 Å². The summed E-state index contributed by atoms with van der Waals surface area (Å²) in [7, 11) is 0. The minimum atomic E-state index is -0.137. The van der Waals surface area contributed by atoms with Crippen LogP contribution in [0.5, 0.6) is 0 Å². The maximum Gasteiger partial charge on any atom is 0.123 e. The zero-order valence-electron chi connectivity index (χ0n) is 11.0. The minimum Gasteiger partial charge on any atom is -0.296 e. The van der Waals surface area contributed by atoms with Crippen molar-refractivity contribution in [3.63, 3.8) is 0 Å². The molecule has 1 heterocycles. The first kappa shape index (κ1) is 13.8. The number of halogens is 2. The quantitative estimate of drug-likeness (QED) is 0.744. The summed E-state index contributed by atoms with van der Waals surface area (Å²) in [6.07, 6.45) is 4.80. The molecule has 0 amide bonds. The molecule has 1 atom stereocenters. The van der Waals surface area contributed by atoms with Crippen molar-refractivity contribution in [3.8, 4) is 0 Å². The second kappa shape index (κ2) is 6.53. The average Bonchev–Trinajstić information content (AvgIpc) is 2.36. The predicted molar refractivity (Wildman–Crippen MR) is 74.5 cm³/mol. The Morgan fingerprint density at radius 1 is 1.39 bits per heavy atom. The van der Waals surface area contributed by atoms with Crippen LogP contribution in [0.15, 0.2) is 18.2 Å². The first-order valence-corrected chi connectivity index (χ1v) is 7.29. The molecule has 2 rings (SSSR count). The molecule has 0 saturated carbocycles. The van der Waals surface area contributed by atoms with Crippen LogP contribution in [0, 0.1) is 12.7 Å². The number of benzene rings is 1. The number of nitrogens with zero attached hydrogens (tertiary/aromatic N) is 1. The Bertz CT molecular complexity index is 392. The van der Waals surface area contributed by atoms with Gasteiger partial charge in [-0.3, -0.25) is 4.90 Å². The summed E-state index contributed by atoms with van der Waals surface area (Å²) in [5.41, 5.74) is 2.28. The molecular weight excluding hydrogens is 249 g/mol. The summed E-state index contributed by atoms with van der Waals surface area (Å²) >= 11 is 5.87. The van der Waals surface area contributed by atoms with Crippen LogP contribution >= 0.6 is 11.6 Å². The van der Waals surface area contributed by atoms with E-state index in [0.717, 1.165) is 25.1 Å². The van der Waals surface area contributed by atoms with Gasteiger partial charge in [-0.05, 0) is 56.0 Å². The molecule has 1 saturated heterocycles. The van der Waals surface area contributed by atoms with Crippen LogP contribution in [0.1, 0.15) is 36.8 Å². The maximum atomic E-state index is 13.3. The van der Waals surface area contributed by atoms with Gasteiger partial charge in [-0.25, -0.2) is 4.39 Å². The number of alkyl halides is 1. The average molecular weight is 270 g/mol. The van der Waals surface area contributed by atoms with Gasteiger partial charge < -0.3 is 0 Å². The first-order valence-electron chi connectivity index (χ1n) is 6.75. The number of likely N-dealkylation sites (tertiary alicyclic amines) is 1. The van der Waals surface area contributed by atoms with Gasteiger partial charge in [0.15, 0.2) is 0 Å². The highest BCUT2D eigenvalue weighted by molar-refractivity contribution is 6.17. The van der Waals surface area contributed by atoms with E-state index in [9.17, 15) is 4.39 Å². The summed E-state index contributed by atoms with van der Waals surface area (Å²) in [5, 5.41) is 0. The van der Waals surface area contributed by atoms with Crippen molar-refractivity contribution >= 4 is 11.6 Å². The molecule has 1 unspecified atom stereocenters. The van der Waals surface area contributed by atoms with E-state index in [-0.39, 0.29) is 5.82 Å². The van der Waals surface area contributed by atoms with Crippen LogP contribution in [0.3, 0.4) is 0 Å². The number of rotatable bonds is 4. The molecule has 0 N–H and O–H groups in total. The van der Waals surface area contributed by atoms with Gasteiger partial charge in [-0.2, -0.15) is 0 Å².